The molecular weight excluding hydrogens is 576 g/mol. The fourth-order valence-electron chi connectivity index (χ4n) is 5.80. The van der Waals surface area contributed by atoms with Gasteiger partial charge < -0.3 is 0 Å². The highest BCUT2D eigenvalue weighted by Gasteiger charge is 2.20. The third-order valence-electron chi connectivity index (χ3n) is 8.24. The molecule has 8 rings (SSSR count). The van der Waals surface area contributed by atoms with Crippen LogP contribution in [-0.2, 0) is 0 Å². The monoisotopic (exact) mass is 604 g/mol. The molecule has 1 aromatic heterocycles. The van der Waals surface area contributed by atoms with E-state index in [0.717, 1.165) is 55.4 Å². The summed E-state index contributed by atoms with van der Waals surface area (Å²) in [6, 6.07) is 48.7. The van der Waals surface area contributed by atoms with Gasteiger partial charge in [0.25, 0.3) is 0 Å². The Kier molecular flexibility index (Phi) is 7.21. The third kappa shape index (κ3) is 5.60. The van der Waals surface area contributed by atoms with Crippen LogP contribution in [0.2, 0.25) is 0 Å². The molecule has 0 aliphatic heterocycles. The topological polar surface area (TPSA) is 86.9 Å². The van der Waals surface area contributed by atoms with Gasteiger partial charge in [-0.3, -0.25) is 10.8 Å². The summed E-state index contributed by atoms with van der Waals surface area (Å²) in [5.74, 6) is 1.77. The number of nitrogens with one attached hydrogen (secondary N) is 2. The summed E-state index contributed by atoms with van der Waals surface area (Å²) >= 11 is 0. The predicted octanol–water partition coefficient (Wildman–Crippen LogP) is 9.56. The maximum Gasteiger partial charge on any atom is 0.164 e. The van der Waals surface area contributed by atoms with Gasteiger partial charge in [-0.1, -0.05) is 133 Å². The second kappa shape index (κ2) is 12.1. The molecule has 1 aliphatic carbocycles. The number of hydrogen-bond acceptors (Lipinski definition) is 6. The highest BCUT2D eigenvalue weighted by molar-refractivity contribution is 6.55. The molecule has 0 spiro atoms. The molecule has 2 N–H and O–H groups in total. The van der Waals surface area contributed by atoms with Crippen LogP contribution in [0, 0.1) is 5.41 Å². The van der Waals surface area contributed by atoms with E-state index in [9.17, 15) is 0 Å². The number of hydrazone groups is 1. The van der Waals surface area contributed by atoms with Crippen molar-refractivity contribution in [2.75, 3.05) is 5.43 Å². The van der Waals surface area contributed by atoms with E-state index in [-0.39, 0.29) is 0 Å². The molecule has 7 aromatic rings. The Morgan fingerprint density at radius 1 is 0.489 bits per heavy atom. The highest BCUT2D eigenvalue weighted by atomic mass is 15.3. The molecule has 0 amide bonds. The fourth-order valence-corrected chi connectivity index (χ4v) is 5.80. The Bertz CT molecular complexity index is 2310. The molecule has 1 heterocycles. The molecule has 0 fully saturated rings. The number of hydrogen-bond donors (Lipinski definition) is 2. The molecule has 6 heteroatoms. The molecule has 6 aromatic carbocycles. The van der Waals surface area contributed by atoms with Gasteiger partial charge in [0.15, 0.2) is 17.5 Å². The second-order valence-electron chi connectivity index (χ2n) is 11.3. The molecule has 47 heavy (non-hydrogen) atoms. The third-order valence-corrected chi connectivity index (χ3v) is 8.24. The quantitative estimate of drug-likeness (QED) is 0.185. The standard InChI is InChI=1S/C41H28N6/c42-38-36(47-46-34-14-8-3-9-15-34)25-24-30-20-18-29-19-23-33(26-35(29)37(30)38)41-44-39(31-12-6-2-7-13-31)43-40(45-41)32-21-16-28(17-22-32)27-10-4-1-5-11-27/h1-26,42,46H/b42-38?,47-36-. The minimum atomic E-state index is 0.355. The molecule has 0 saturated heterocycles. The zero-order valence-corrected chi connectivity index (χ0v) is 25.3. The SMILES string of the molecule is N=C1/C(=N\Nc2ccccc2)C=Cc2ccc3ccc(-c4nc(-c5ccccc5)nc(-c5ccc(-c6ccccc6)cc5)n4)cc3c21. The van der Waals surface area contributed by atoms with Crippen molar-refractivity contribution >= 4 is 34.0 Å². The Balaban J connectivity index is 1.22. The van der Waals surface area contributed by atoms with Crippen LogP contribution >= 0.6 is 0 Å². The van der Waals surface area contributed by atoms with Crippen LogP contribution in [0.3, 0.4) is 0 Å². The lowest BCUT2D eigenvalue weighted by molar-refractivity contribution is 1.07. The Morgan fingerprint density at radius 2 is 1.00 bits per heavy atom. The van der Waals surface area contributed by atoms with Gasteiger partial charge >= 0.3 is 0 Å². The van der Waals surface area contributed by atoms with Gasteiger partial charge in [0.05, 0.1) is 11.4 Å². The number of para-hydroxylation sites is 1. The van der Waals surface area contributed by atoms with Gasteiger partial charge in [-0.05, 0) is 51.7 Å². The van der Waals surface area contributed by atoms with Crippen LogP contribution in [-0.4, -0.2) is 26.4 Å². The van der Waals surface area contributed by atoms with Crippen molar-refractivity contribution in [3.05, 3.63) is 163 Å². The summed E-state index contributed by atoms with van der Waals surface area (Å²) < 4.78 is 0. The van der Waals surface area contributed by atoms with Crippen molar-refractivity contribution in [3.63, 3.8) is 0 Å². The van der Waals surface area contributed by atoms with E-state index in [4.69, 9.17) is 20.4 Å². The number of anilines is 1. The fraction of sp³-hybridized carbons (Fsp3) is 0. The van der Waals surface area contributed by atoms with E-state index in [0.29, 0.717) is 28.9 Å². The van der Waals surface area contributed by atoms with Gasteiger partial charge in [-0.25, -0.2) is 15.0 Å². The summed E-state index contributed by atoms with van der Waals surface area (Å²) in [6.45, 7) is 0. The smallest absolute Gasteiger partial charge is 0.164 e. The Labute approximate surface area is 272 Å². The molecule has 0 atom stereocenters. The number of allylic oxidation sites excluding steroid dienone is 1. The number of rotatable bonds is 6. The minimum absolute atomic E-state index is 0.355. The summed E-state index contributed by atoms with van der Waals surface area (Å²) in [4.78, 5) is 14.9. The molecule has 222 valence electrons. The van der Waals surface area contributed by atoms with E-state index in [1.165, 1.54) is 0 Å². The van der Waals surface area contributed by atoms with Crippen LogP contribution in [0.1, 0.15) is 11.1 Å². The molecule has 0 bridgehead atoms. The van der Waals surface area contributed by atoms with Crippen molar-refractivity contribution in [2.24, 2.45) is 5.10 Å². The van der Waals surface area contributed by atoms with Gasteiger partial charge in [-0.2, -0.15) is 5.10 Å². The summed E-state index contributed by atoms with van der Waals surface area (Å²) in [5.41, 5.74) is 11.6. The molecule has 0 radical (unpaired) electrons. The minimum Gasteiger partial charge on any atom is -0.298 e. The Hall–Kier alpha value is -6.53. The maximum absolute atomic E-state index is 9.16. The highest BCUT2D eigenvalue weighted by Crippen LogP contribution is 2.32. The summed E-state index contributed by atoms with van der Waals surface area (Å²) in [7, 11) is 0. The lowest BCUT2D eigenvalue weighted by Gasteiger charge is -2.17. The van der Waals surface area contributed by atoms with E-state index >= 15 is 0 Å². The Morgan fingerprint density at radius 3 is 1.68 bits per heavy atom. The number of fused-ring (bicyclic) bond motifs is 3. The first kappa shape index (κ1) is 28.0. The van der Waals surface area contributed by atoms with E-state index < -0.39 is 0 Å². The van der Waals surface area contributed by atoms with Crippen molar-refractivity contribution in [1.82, 2.24) is 15.0 Å². The van der Waals surface area contributed by atoms with Gasteiger partial charge in [0.2, 0.25) is 0 Å². The van der Waals surface area contributed by atoms with Crippen LogP contribution in [0.4, 0.5) is 5.69 Å². The second-order valence-corrected chi connectivity index (χ2v) is 11.3. The molecule has 1 aliphatic rings. The zero-order valence-electron chi connectivity index (χ0n) is 25.3. The number of benzene rings is 6. The van der Waals surface area contributed by atoms with E-state index in [1.54, 1.807) is 0 Å². The molecular formula is C41H28N6. The van der Waals surface area contributed by atoms with Crippen molar-refractivity contribution in [1.29, 1.82) is 5.41 Å². The van der Waals surface area contributed by atoms with Crippen LogP contribution in [0.15, 0.2) is 157 Å². The molecule has 0 unspecified atom stereocenters. The normalized spacial score (nSPS) is 13.1. The number of aromatic nitrogens is 3. The van der Waals surface area contributed by atoms with Crippen molar-refractivity contribution in [3.8, 4) is 45.3 Å². The number of nitrogens with zero attached hydrogens (tertiary/aromatic N) is 4. The molecule has 6 nitrogen and oxygen atoms in total. The van der Waals surface area contributed by atoms with Crippen molar-refractivity contribution in [2.45, 2.75) is 0 Å². The van der Waals surface area contributed by atoms with Crippen LogP contribution in [0.25, 0.3) is 62.1 Å². The van der Waals surface area contributed by atoms with Gasteiger partial charge in [0.1, 0.15) is 5.71 Å². The summed E-state index contributed by atoms with van der Waals surface area (Å²) in [5, 5.41) is 15.7. The maximum atomic E-state index is 9.16. The average Bonchev–Trinajstić information content (AvgIpc) is 3.15. The van der Waals surface area contributed by atoms with Gasteiger partial charge in [-0.15, -0.1) is 0 Å². The van der Waals surface area contributed by atoms with E-state index in [1.807, 2.05) is 97.1 Å². The van der Waals surface area contributed by atoms with Crippen molar-refractivity contribution < 1.29 is 0 Å². The average molecular weight is 605 g/mol. The lowest BCUT2D eigenvalue weighted by Crippen LogP contribution is -2.18. The predicted molar refractivity (Wildman–Crippen MR) is 192 cm³/mol. The lowest BCUT2D eigenvalue weighted by atomic mass is 9.88. The van der Waals surface area contributed by atoms with Crippen LogP contribution in [0.5, 0.6) is 0 Å². The zero-order chi connectivity index (χ0) is 31.6. The van der Waals surface area contributed by atoms with Gasteiger partial charge in [0, 0.05) is 22.3 Å². The molecule has 0 saturated carbocycles. The summed E-state index contributed by atoms with van der Waals surface area (Å²) in [6.07, 6.45) is 3.89. The van der Waals surface area contributed by atoms with E-state index in [2.05, 4.69) is 71.2 Å². The first-order chi connectivity index (χ1) is 23.2. The largest absolute Gasteiger partial charge is 0.298 e. The van der Waals surface area contributed by atoms with Crippen LogP contribution < -0.4 is 5.43 Å². The first-order valence-electron chi connectivity index (χ1n) is 15.4. The first-order valence-corrected chi connectivity index (χ1v) is 15.4.